The normalized spacial score (nSPS) is 11.9. The summed E-state index contributed by atoms with van der Waals surface area (Å²) in [7, 11) is 0. The van der Waals surface area contributed by atoms with Crippen molar-refractivity contribution in [3.05, 3.63) is 58.9 Å². The first kappa shape index (κ1) is 13.6. The van der Waals surface area contributed by atoms with Crippen molar-refractivity contribution < 1.29 is 9.53 Å². The van der Waals surface area contributed by atoms with E-state index in [0.29, 0.717) is 16.3 Å². The molecule has 1 unspecified atom stereocenters. The lowest BCUT2D eigenvalue weighted by Gasteiger charge is -2.18. The predicted molar refractivity (Wildman–Crippen MR) is 74.7 cm³/mol. The zero-order valence-electron chi connectivity index (χ0n) is 10.5. The molecule has 0 saturated carbocycles. The maximum Gasteiger partial charge on any atom is 0.153 e. The summed E-state index contributed by atoms with van der Waals surface area (Å²) in [6.07, 6.45) is 4.89. The molecule has 0 fully saturated rings. The molecule has 1 atom stereocenters. The Hall–Kier alpha value is -1.87. The standard InChI is InChI=1S/C15H14ClNO2/c1-2-14(11-4-3-7-17-9-11)19-15-6-5-13(16)8-12(15)10-18/h3-10,14H,2H2,1H3. The summed E-state index contributed by atoms with van der Waals surface area (Å²) in [4.78, 5) is 15.1. The van der Waals surface area contributed by atoms with Crippen LogP contribution in [0.2, 0.25) is 5.02 Å². The van der Waals surface area contributed by atoms with E-state index in [2.05, 4.69) is 4.98 Å². The highest BCUT2D eigenvalue weighted by molar-refractivity contribution is 6.30. The minimum absolute atomic E-state index is 0.131. The first-order chi connectivity index (χ1) is 9.24. The van der Waals surface area contributed by atoms with Gasteiger partial charge in [0.05, 0.1) is 5.56 Å². The fourth-order valence-electron chi connectivity index (χ4n) is 1.83. The van der Waals surface area contributed by atoms with E-state index >= 15 is 0 Å². The first-order valence-electron chi connectivity index (χ1n) is 6.06. The molecule has 0 spiro atoms. The van der Waals surface area contributed by atoms with Crippen LogP contribution in [0, 0.1) is 0 Å². The summed E-state index contributed by atoms with van der Waals surface area (Å²) < 4.78 is 5.90. The van der Waals surface area contributed by atoms with Crippen molar-refractivity contribution in [2.45, 2.75) is 19.4 Å². The van der Waals surface area contributed by atoms with E-state index in [4.69, 9.17) is 16.3 Å². The number of hydrogen-bond donors (Lipinski definition) is 0. The molecule has 0 aliphatic rings. The average molecular weight is 276 g/mol. The lowest BCUT2D eigenvalue weighted by Crippen LogP contribution is -2.08. The largest absolute Gasteiger partial charge is 0.485 e. The molecule has 2 rings (SSSR count). The van der Waals surface area contributed by atoms with Gasteiger partial charge in [-0.3, -0.25) is 9.78 Å². The second-order valence-corrected chi connectivity index (χ2v) is 4.54. The van der Waals surface area contributed by atoms with Gasteiger partial charge in [-0.2, -0.15) is 0 Å². The van der Waals surface area contributed by atoms with Crippen molar-refractivity contribution >= 4 is 17.9 Å². The molecule has 2 aromatic rings. The number of halogens is 1. The van der Waals surface area contributed by atoms with Crippen LogP contribution in [-0.2, 0) is 0 Å². The smallest absolute Gasteiger partial charge is 0.153 e. The van der Waals surface area contributed by atoms with Gasteiger partial charge in [-0.25, -0.2) is 0 Å². The second-order valence-electron chi connectivity index (χ2n) is 4.10. The number of aldehydes is 1. The Morgan fingerprint density at radius 2 is 2.26 bits per heavy atom. The number of hydrogen-bond acceptors (Lipinski definition) is 3. The first-order valence-corrected chi connectivity index (χ1v) is 6.43. The quantitative estimate of drug-likeness (QED) is 0.772. The van der Waals surface area contributed by atoms with Gasteiger partial charge in [0.25, 0.3) is 0 Å². The van der Waals surface area contributed by atoms with E-state index in [9.17, 15) is 4.79 Å². The van der Waals surface area contributed by atoms with Gasteiger partial charge < -0.3 is 4.74 Å². The number of carbonyl (C=O) groups excluding carboxylic acids is 1. The Morgan fingerprint density at radius 1 is 1.42 bits per heavy atom. The highest BCUT2D eigenvalue weighted by Gasteiger charge is 2.13. The van der Waals surface area contributed by atoms with Gasteiger partial charge in [-0.15, -0.1) is 0 Å². The number of rotatable bonds is 5. The van der Waals surface area contributed by atoms with Crippen LogP contribution in [0.4, 0.5) is 0 Å². The van der Waals surface area contributed by atoms with Gasteiger partial charge in [0, 0.05) is 23.0 Å². The third-order valence-corrected chi connectivity index (χ3v) is 3.03. The van der Waals surface area contributed by atoms with E-state index in [1.807, 2.05) is 19.1 Å². The fraction of sp³-hybridized carbons (Fsp3) is 0.200. The van der Waals surface area contributed by atoms with Gasteiger partial charge in [0.1, 0.15) is 11.9 Å². The summed E-state index contributed by atoms with van der Waals surface area (Å²) in [5.41, 5.74) is 1.44. The van der Waals surface area contributed by atoms with Gasteiger partial charge in [0.15, 0.2) is 6.29 Å². The molecule has 4 heteroatoms. The summed E-state index contributed by atoms with van der Waals surface area (Å²) in [5.74, 6) is 0.537. The highest BCUT2D eigenvalue weighted by Crippen LogP contribution is 2.28. The van der Waals surface area contributed by atoms with Crippen LogP contribution >= 0.6 is 11.6 Å². The van der Waals surface area contributed by atoms with Crippen molar-refractivity contribution in [3.63, 3.8) is 0 Å². The molecule has 0 aliphatic carbocycles. The molecule has 98 valence electrons. The number of aromatic nitrogens is 1. The average Bonchev–Trinajstić information content (AvgIpc) is 2.46. The van der Waals surface area contributed by atoms with Gasteiger partial charge >= 0.3 is 0 Å². The Kier molecular flexibility index (Phi) is 4.53. The van der Waals surface area contributed by atoms with E-state index in [1.165, 1.54) is 0 Å². The Balaban J connectivity index is 2.26. The minimum atomic E-state index is -0.131. The molecule has 0 radical (unpaired) electrons. The molecule has 1 heterocycles. The van der Waals surface area contributed by atoms with Crippen LogP contribution in [0.3, 0.4) is 0 Å². The molecule has 0 amide bonds. The molecule has 3 nitrogen and oxygen atoms in total. The molecule has 0 bridgehead atoms. The van der Waals surface area contributed by atoms with Crippen LogP contribution in [-0.4, -0.2) is 11.3 Å². The predicted octanol–water partition coefficient (Wildman–Crippen LogP) is 4.08. The molecule has 19 heavy (non-hydrogen) atoms. The monoisotopic (exact) mass is 275 g/mol. The Morgan fingerprint density at radius 3 is 2.89 bits per heavy atom. The van der Waals surface area contributed by atoms with Gasteiger partial charge in [0.2, 0.25) is 0 Å². The third kappa shape index (κ3) is 3.32. The number of nitrogens with zero attached hydrogens (tertiary/aromatic N) is 1. The number of pyridine rings is 1. The van der Waals surface area contributed by atoms with E-state index in [1.54, 1.807) is 30.6 Å². The van der Waals surface area contributed by atoms with Crippen molar-refractivity contribution in [2.75, 3.05) is 0 Å². The van der Waals surface area contributed by atoms with Crippen molar-refractivity contribution in [1.82, 2.24) is 4.98 Å². The molecule has 0 aliphatic heterocycles. The molecule has 0 saturated heterocycles. The molecular weight excluding hydrogens is 262 g/mol. The van der Waals surface area contributed by atoms with Crippen LogP contribution in [0.25, 0.3) is 0 Å². The maximum absolute atomic E-state index is 11.0. The topological polar surface area (TPSA) is 39.2 Å². The zero-order valence-corrected chi connectivity index (χ0v) is 11.3. The second kappa shape index (κ2) is 6.34. The van der Waals surface area contributed by atoms with Crippen LogP contribution in [0.1, 0.15) is 35.4 Å². The summed E-state index contributed by atoms with van der Waals surface area (Å²) >= 11 is 5.86. The van der Waals surface area contributed by atoms with Crippen molar-refractivity contribution in [3.8, 4) is 5.75 Å². The number of carbonyl (C=O) groups is 1. The van der Waals surface area contributed by atoms with E-state index in [0.717, 1.165) is 18.3 Å². The Bertz CT molecular complexity index is 557. The highest BCUT2D eigenvalue weighted by atomic mass is 35.5. The minimum Gasteiger partial charge on any atom is -0.485 e. The number of benzene rings is 1. The lowest BCUT2D eigenvalue weighted by atomic mass is 10.1. The van der Waals surface area contributed by atoms with Crippen LogP contribution in [0.5, 0.6) is 5.75 Å². The summed E-state index contributed by atoms with van der Waals surface area (Å²) in [6.45, 7) is 2.02. The zero-order chi connectivity index (χ0) is 13.7. The lowest BCUT2D eigenvalue weighted by molar-refractivity contribution is 0.111. The van der Waals surface area contributed by atoms with Gasteiger partial charge in [-0.1, -0.05) is 24.6 Å². The fourth-order valence-corrected chi connectivity index (χ4v) is 2.01. The van der Waals surface area contributed by atoms with E-state index < -0.39 is 0 Å². The third-order valence-electron chi connectivity index (χ3n) is 2.80. The summed E-state index contributed by atoms with van der Waals surface area (Å²) in [6, 6.07) is 8.84. The molecular formula is C15H14ClNO2. The molecule has 1 aromatic heterocycles. The maximum atomic E-state index is 11.0. The van der Waals surface area contributed by atoms with E-state index in [-0.39, 0.29) is 6.10 Å². The van der Waals surface area contributed by atoms with Crippen molar-refractivity contribution in [2.24, 2.45) is 0 Å². The van der Waals surface area contributed by atoms with Gasteiger partial charge in [-0.05, 0) is 30.7 Å². The molecule has 1 aromatic carbocycles. The van der Waals surface area contributed by atoms with Crippen molar-refractivity contribution in [1.29, 1.82) is 0 Å². The summed E-state index contributed by atoms with van der Waals surface area (Å²) in [5, 5.41) is 0.517. The Labute approximate surface area is 117 Å². The van der Waals surface area contributed by atoms with Crippen LogP contribution < -0.4 is 4.74 Å². The SMILES string of the molecule is CCC(Oc1ccc(Cl)cc1C=O)c1cccnc1. The molecule has 0 N–H and O–H groups in total. The van der Waals surface area contributed by atoms with Crippen LogP contribution in [0.15, 0.2) is 42.7 Å². The number of ether oxygens (including phenoxy) is 1.